The van der Waals surface area contributed by atoms with Gasteiger partial charge in [-0.2, -0.15) is 5.10 Å². The van der Waals surface area contributed by atoms with Crippen LogP contribution < -0.4 is 4.74 Å². The van der Waals surface area contributed by atoms with Gasteiger partial charge in [0.15, 0.2) is 0 Å². The highest BCUT2D eigenvalue weighted by molar-refractivity contribution is 5.67. The summed E-state index contributed by atoms with van der Waals surface area (Å²) >= 11 is 0. The van der Waals surface area contributed by atoms with Crippen LogP contribution in [0, 0.1) is 13.8 Å². The maximum absolute atomic E-state index is 12.1. The molecule has 2 aromatic rings. The third-order valence-electron chi connectivity index (χ3n) is 3.34. The normalized spacial score (nSPS) is 11.5. The molecule has 1 aromatic heterocycles. The SMILES string of the molecule is Cc1nn(-c2ccc(OC(F)(F)F)cc2)c(C)c1CCC(=O)O. The molecule has 124 valence electrons. The van der Waals surface area contributed by atoms with E-state index in [4.69, 9.17) is 5.11 Å². The summed E-state index contributed by atoms with van der Waals surface area (Å²) in [4.78, 5) is 10.7. The van der Waals surface area contributed by atoms with Gasteiger partial charge in [0.1, 0.15) is 5.75 Å². The van der Waals surface area contributed by atoms with Crippen molar-refractivity contribution in [2.45, 2.75) is 33.1 Å². The van der Waals surface area contributed by atoms with Crippen molar-refractivity contribution >= 4 is 5.97 Å². The van der Waals surface area contributed by atoms with E-state index in [1.165, 1.54) is 24.3 Å². The molecule has 0 bridgehead atoms. The Morgan fingerprint density at radius 3 is 2.39 bits per heavy atom. The minimum atomic E-state index is -4.73. The molecule has 8 heteroatoms. The Kier molecular flexibility index (Phi) is 4.63. The molecule has 0 aliphatic carbocycles. The fourth-order valence-electron chi connectivity index (χ4n) is 2.31. The first-order chi connectivity index (χ1) is 10.7. The van der Waals surface area contributed by atoms with Crippen LogP contribution in [0.5, 0.6) is 5.75 Å². The van der Waals surface area contributed by atoms with E-state index < -0.39 is 12.3 Å². The van der Waals surface area contributed by atoms with Gasteiger partial charge < -0.3 is 9.84 Å². The Bertz CT molecular complexity index is 706. The predicted octanol–water partition coefficient (Wildman–Crippen LogP) is 3.40. The van der Waals surface area contributed by atoms with Crippen molar-refractivity contribution in [3.8, 4) is 11.4 Å². The van der Waals surface area contributed by atoms with E-state index in [0.29, 0.717) is 17.8 Å². The zero-order valence-electron chi connectivity index (χ0n) is 12.5. The third-order valence-corrected chi connectivity index (χ3v) is 3.34. The van der Waals surface area contributed by atoms with Crippen LogP contribution in [0.3, 0.4) is 0 Å². The van der Waals surface area contributed by atoms with Crippen molar-refractivity contribution in [3.05, 3.63) is 41.2 Å². The van der Waals surface area contributed by atoms with Gasteiger partial charge >= 0.3 is 12.3 Å². The molecule has 2 rings (SSSR count). The molecule has 1 aromatic carbocycles. The molecule has 0 amide bonds. The van der Waals surface area contributed by atoms with Gasteiger partial charge in [0.2, 0.25) is 0 Å². The maximum Gasteiger partial charge on any atom is 0.573 e. The molecule has 0 unspecified atom stereocenters. The molecule has 0 atom stereocenters. The average Bonchev–Trinajstić information content (AvgIpc) is 2.71. The average molecular weight is 328 g/mol. The van der Waals surface area contributed by atoms with Crippen LogP contribution in [0.2, 0.25) is 0 Å². The van der Waals surface area contributed by atoms with Crippen LogP contribution >= 0.6 is 0 Å². The largest absolute Gasteiger partial charge is 0.573 e. The minimum Gasteiger partial charge on any atom is -0.481 e. The predicted molar refractivity (Wildman–Crippen MR) is 75.7 cm³/mol. The lowest BCUT2D eigenvalue weighted by molar-refractivity contribution is -0.274. The summed E-state index contributed by atoms with van der Waals surface area (Å²) in [6, 6.07) is 5.33. The number of hydrogen-bond acceptors (Lipinski definition) is 3. The van der Waals surface area contributed by atoms with Crippen molar-refractivity contribution < 1.29 is 27.8 Å². The molecule has 0 radical (unpaired) electrons. The highest BCUT2D eigenvalue weighted by atomic mass is 19.4. The summed E-state index contributed by atoms with van der Waals surface area (Å²) in [6.45, 7) is 3.55. The Labute approximate surface area is 130 Å². The van der Waals surface area contributed by atoms with Gasteiger partial charge in [0.25, 0.3) is 0 Å². The van der Waals surface area contributed by atoms with E-state index in [1.807, 2.05) is 0 Å². The van der Waals surface area contributed by atoms with Crippen LogP contribution in [-0.2, 0) is 11.2 Å². The molecule has 0 aliphatic rings. The van der Waals surface area contributed by atoms with Crippen molar-refractivity contribution in [2.75, 3.05) is 0 Å². The number of benzene rings is 1. The second kappa shape index (κ2) is 6.31. The van der Waals surface area contributed by atoms with Crippen LogP contribution in [0.4, 0.5) is 13.2 Å². The van der Waals surface area contributed by atoms with Gasteiger partial charge in [-0.15, -0.1) is 13.2 Å². The lowest BCUT2D eigenvalue weighted by Gasteiger charge is -2.10. The molecular weight excluding hydrogens is 313 g/mol. The number of aliphatic carboxylic acids is 1. The molecule has 0 saturated heterocycles. The molecule has 0 saturated carbocycles. The van der Waals surface area contributed by atoms with Crippen molar-refractivity contribution in [1.82, 2.24) is 9.78 Å². The fourth-order valence-corrected chi connectivity index (χ4v) is 2.31. The topological polar surface area (TPSA) is 64.4 Å². The van der Waals surface area contributed by atoms with Crippen LogP contribution in [0.25, 0.3) is 5.69 Å². The summed E-state index contributed by atoms with van der Waals surface area (Å²) in [5.74, 6) is -1.21. The lowest BCUT2D eigenvalue weighted by Crippen LogP contribution is -2.17. The number of carboxylic acids is 1. The molecule has 0 aliphatic heterocycles. The summed E-state index contributed by atoms with van der Waals surface area (Å²) in [6.07, 6.45) is -4.39. The van der Waals surface area contributed by atoms with E-state index in [-0.39, 0.29) is 12.2 Å². The first-order valence-electron chi connectivity index (χ1n) is 6.80. The van der Waals surface area contributed by atoms with E-state index >= 15 is 0 Å². The van der Waals surface area contributed by atoms with Gasteiger partial charge in [0, 0.05) is 12.1 Å². The van der Waals surface area contributed by atoms with E-state index in [1.54, 1.807) is 18.5 Å². The highest BCUT2D eigenvalue weighted by Gasteiger charge is 2.31. The van der Waals surface area contributed by atoms with E-state index in [9.17, 15) is 18.0 Å². The first kappa shape index (κ1) is 16.9. The number of nitrogens with zero attached hydrogens (tertiary/aromatic N) is 2. The Hall–Kier alpha value is -2.51. The number of halogens is 3. The summed E-state index contributed by atoms with van der Waals surface area (Å²) in [5, 5.41) is 13.1. The number of alkyl halides is 3. The first-order valence-corrected chi connectivity index (χ1v) is 6.80. The number of hydrogen-bond donors (Lipinski definition) is 1. The minimum absolute atomic E-state index is 0.00820. The number of ether oxygens (including phenoxy) is 1. The number of aromatic nitrogens is 2. The van der Waals surface area contributed by atoms with Crippen molar-refractivity contribution in [2.24, 2.45) is 0 Å². The molecule has 1 heterocycles. The third kappa shape index (κ3) is 4.24. The second-order valence-corrected chi connectivity index (χ2v) is 5.00. The Balaban J connectivity index is 2.25. The zero-order valence-corrected chi connectivity index (χ0v) is 12.5. The molecule has 0 fully saturated rings. The standard InChI is InChI=1S/C15H15F3N2O3/c1-9-13(7-8-14(21)22)10(2)20(19-9)11-3-5-12(6-4-11)23-15(16,17)18/h3-6H,7-8H2,1-2H3,(H,21,22). The zero-order chi connectivity index (χ0) is 17.2. The van der Waals surface area contributed by atoms with Crippen LogP contribution in [-0.4, -0.2) is 27.2 Å². The number of rotatable bonds is 5. The smallest absolute Gasteiger partial charge is 0.481 e. The maximum atomic E-state index is 12.1. The van der Waals surface area contributed by atoms with Gasteiger partial charge in [-0.3, -0.25) is 4.79 Å². The fraction of sp³-hybridized carbons (Fsp3) is 0.333. The number of aryl methyl sites for hydroxylation is 1. The van der Waals surface area contributed by atoms with Gasteiger partial charge in [0.05, 0.1) is 11.4 Å². The molecular formula is C15H15F3N2O3. The monoisotopic (exact) mass is 328 g/mol. The summed E-state index contributed by atoms with van der Waals surface area (Å²) < 4.78 is 41.8. The Morgan fingerprint density at radius 1 is 1.26 bits per heavy atom. The van der Waals surface area contributed by atoms with Crippen molar-refractivity contribution in [3.63, 3.8) is 0 Å². The van der Waals surface area contributed by atoms with Gasteiger partial charge in [-0.25, -0.2) is 4.68 Å². The molecule has 23 heavy (non-hydrogen) atoms. The van der Waals surface area contributed by atoms with Crippen molar-refractivity contribution in [1.29, 1.82) is 0 Å². The van der Waals surface area contributed by atoms with Crippen LogP contribution in [0.15, 0.2) is 24.3 Å². The van der Waals surface area contributed by atoms with E-state index in [2.05, 4.69) is 9.84 Å². The molecule has 1 N–H and O–H groups in total. The highest BCUT2D eigenvalue weighted by Crippen LogP contribution is 2.25. The van der Waals surface area contributed by atoms with Crippen LogP contribution in [0.1, 0.15) is 23.4 Å². The molecule has 0 spiro atoms. The second-order valence-electron chi connectivity index (χ2n) is 5.00. The van der Waals surface area contributed by atoms with Gasteiger partial charge in [-0.1, -0.05) is 0 Å². The lowest BCUT2D eigenvalue weighted by atomic mass is 10.1. The summed E-state index contributed by atoms with van der Waals surface area (Å²) in [7, 11) is 0. The quantitative estimate of drug-likeness (QED) is 0.913. The number of carboxylic acid groups (broad SMARTS) is 1. The number of carbonyl (C=O) groups is 1. The van der Waals surface area contributed by atoms with E-state index in [0.717, 1.165) is 11.3 Å². The summed E-state index contributed by atoms with van der Waals surface area (Å²) in [5.41, 5.74) is 2.84. The molecule has 5 nitrogen and oxygen atoms in total. The Morgan fingerprint density at radius 2 is 1.87 bits per heavy atom. The van der Waals surface area contributed by atoms with Gasteiger partial charge in [-0.05, 0) is 50.1 Å².